The Hall–Kier alpha value is -2.05. The summed E-state index contributed by atoms with van der Waals surface area (Å²) in [5.41, 5.74) is 0.645. The van der Waals surface area contributed by atoms with Gasteiger partial charge in [-0.2, -0.15) is 0 Å². The second kappa shape index (κ2) is 22.6. The van der Waals surface area contributed by atoms with Crippen LogP contribution in [0.2, 0.25) is 0 Å². The van der Waals surface area contributed by atoms with Gasteiger partial charge in [0.25, 0.3) is 11.8 Å². The highest BCUT2D eigenvalue weighted by Crippen LogP contribution is 2.28. The number of rotatable bonds is 25. The summed E-state index contributed by atoms with van der Waals surface area (Å²) < 4.78 is 11.7. The molecule has 1 heterocycles. The molecule has 0 aliphatic carbocycles. The quantitative estimate of drug-likeness (QED) is 0.0326. The van der Waals surface area contributed by atoms with Crippen molar-refractivity contribution in [3.63, 3.8) is 0 Å². The minimum absolute atomic E-state index is 0.193. The van der Waals surface area contributed by atoms with Crippen LogP contribution in [0.1, 0.15) is 137 Å². The van der Waals surface area contributed by atoms with Crippen molar-refractivity contribution in [2.24, 2.45) is 0 Å². The standard InChI is InChI=1S/C37H61IN3O6/c1-6-7-8-9-10-11-12-13-14-15-16-17-18-19-20-23-28-46-34(38)33(40-35(43)31-24-21-22-25-32(31)36(40)44)29-47-37(45)39(30(2)42)26-27-41(3,4)5/h21-22,24-25,33-34H,6-20,23,26-29H2,1-5H3/q+1. The van der Waals surface area contributed by atoms with Crippen molar-refractivity contribution in [2.45, 2.75) is 127 Å². The van der Waals surface area contributed by atoms with Crippen LogP contribution in [-0.2, 0) is 14.3 Å². The van der Waals surface area contributed by atoms with Gasteiger partial charge in [-0.25, -0.2) is 9.69 Å². The van der Waals surface area contributed by atoms with Gasteiger partial charge in [0.1, 0.15) is 16.8 Å². The number of amides is 4. The van der Waals surface area contributed by atoms with Gasteiger partial charge in [0.05, 0.1) is 45.4 Å². The van der Waals surface area contributed by atoms with Crippen molar-refractivity contribution in [1.82, 2.24) is 9.80 Å². The van der Waals surface area contributed by atoms with Gasteiger partial charge in [-0.05, 0) is 41.1 Å². The monoisotopic (exact) mass is 770 g/mol. The molecule has 47 heavy (non-hydrogen) atoms. The summed E-state index contributed by atoms with van der Waals surface area (Å²) in [5, 5.41) is 0. The Morgan fingerprint density at radius 1 is 0.787 bits per heavy atom. The number of carbonyl (C=O) groups excluding carboxylic acids is 4. The Morgan fingerprint density at radius 3 is 1.66 bits per heavy atom. The molecule has 1 aromatic carbocycles. The molecule has 0 fully saturated rings. The van der Waals surface area contributed by atoms with Crippen LogP contribution in [0.4, 0.5) is 4.79 Å². The molecule has 1 aromatic rings. The maximum atomic E-state index is 13.3. The average molecular weight is 771 g/mol. The second-order valence-electron chi connectivity index (χ2n) is 13.9. The highest BCUT2D eigenvalue weighted by molar-refractivity contribution is 14.1. The van der Waals surface area contributed by atoms with E-state index in [4.69, 9.17) is 9.47 Å². The summed E-state index contributed by atoms with van der Waals surface area (Å²) in [7, 11) is 5.91. The summed E-state index contributed by atoms with van der Waals surface area (Å²) in [6.07, 6.45) is 19.8. The Morgan fingerprint density at radius 2 is 1.23 bits per heavy atom. The van der Waals surface area contributed by atoms with Crippen molar-refractivity contribution in [3.8, 4) is 0 Å². The van der Waals surface area contributed by atoms with Gasteiger partial charge in [-0.15, -0.1) is 0 Å². The normalized spacial score (nSPS) is 14.3. The highest BCUT2D eigenvalue weighted by Gasteiger charge is 2.43. The van der Waals surface area contributed by atoms with Gasteiger partial charge in [0.2, 0.25) is 5.91 Å². The SMILES string of the molecule is CCCCCCCCCCCCCCCCCCOC(I)C(COC(=O)N(CC[N+](C)(C)C)C(C)=O)N1C(=O)c2ccccc2C1=O. The summed E-state index contributed by atoms with van der Waals surface area (Å²) >= 11 is 2.08. The number of alkyl halides is 1. The number of halogens is 1. The largest absolute Gasteiger partial charge is 0.447 e. The molecule has 1 aliphatic rings. The van der Waals surface area contributed by atoms with E-state index in [-0.39, 0.29) is 13.2 Å². The number of unbranched alkanes of at least 4 members (excludes halogenated alkanes) is 15. The summed E-state index contributed by atoms with van der Waals surface area (Å²) in [5.74, 6) is -1.30. The molecular weight excluding hydrogens is 709 g/mol. The maximum Gasteiger partial charge on any atom is 0.416 e. The fraction of sp³-hybridized carbons (Fsp3) is 0.730. The average Bonchev–Trinajstić information content (AvgIpc) is 3.27. The number of hydrogen-bond acceptors (Lipinski definition) is 6. The van der Waals surface area contributed by atoms with Crippen LogP contribution in [0.3, 0.4) is 0 Å². The van der Waals surface area contributed by atoms with Gasteiger partial charge in [-0.1, -0.05) is 115 Å². The molecule has 0 radical (unpaired) electrons. The minimum Gasteiger partial charge on any atom is -0.447 e. The third-order valence-corrected chi connectivity index (χ3v) is 9.90. The van der Waals surface area contributed by atoms with Gasteiger partial charge in [0, 0.05) is 13.5 Å². The molecule has 9 nitrogen and oxygen atoms in total. The number of fused-ring (bicyclic) bond motifs is 1. The number of carbonyl (C=O) groups is 4. The Bertz CT molecular complexity index is 1070. The van der Waals surface area contributed by atoms with Gasteiger partial charge >= 0.3 is 6.09 Å². The van der Waals surface area contributed by atoms with E-state index >= 15 is 0 Å². The lowest BCUT2D eigenvalue weighted by molar-refractivity contribution is -0.869. The van der Waals surface area contributed by atoms with Crippen LogP contribution in [0, 0.1) is 0 Å². The number of nitrogens with zero attached hydrogens (tertiary/aromatic N) is 3. The lowest BCUT2D eigenvalue weighted by Crippen LogP contribution is -2.50. The zero-order valence-corrected chi connectivity index (χ0v) is 31.9. The minimum atomic E-state index is -0.847. The van der Waals surface area contributed by atoms with E-state index in [1.165, 1.54) is 90.4 Å². The van der Waals surface area contributed by atoms with Crippen LogP contribution < -0.4 is 0 Å². The third-order valence-electron chi connectivity index (χ3n) is 8.71. The molecule has 2 atom stereocenters. The summed E-state index contributed by atoms with van der Waals surface area (Å²) in [4.78, 5) is 54.1. The molecule has 266 valence electrons. The summed E-state index contributed by atoms with van der Waals surface area (Å²) in [6, 6.07) is 5.84. The maximum absolute atomic E-state index is 13.3. The lowest BCUT2D eigenvalue weighted by Gasteiger charge is -2.31. The van der Waals surface area contributed by atoms with Crippen molar-refractivity contribution in [2.75, 3.05) is 47.4 Å². The van der Waals surface area contributed by atoms with Gasteiger partial charge in [0.15, 0.2) is 0 Å². The zero-order valence-electron chi connectivity index (χ0n) is 29.8. The predicted octanol–water partition coefficient (Wildman–Crippen LogP) is 8.38. The predicted molar refractivity (Wildman–Crippen MR) is 196 cm³/mol. The van der Waals surface area contributed by atoms with E-state index in [9.17, 15) is 19.2 Å². The molecule has 0 aromatic heterocycles. The van der Waals surface area contributed by atoms with Crippen LogP contribution in [0.15, 0.2) is 24.3 Å². The molecular formula is C37H61IN3O6+. The topological polar surface area (TPSA) is 93.2 Å². The smallest absolute Gasteiger partial charge is 0.416 e. The number of imide groups is 2. The van der Waals surface area contributed by atoms with Crippen molar-refractivity contribution >= 4 is 46.4 Å². The number of ether oxygens (including phenoxy) is 2. The molecule has 2 rings (SSSR count). The first-order valence-corrected chi connectivity index (χ1v) is 19.2. The Kier molecular flexibility index (Phi) is 19.7. The van der Waals surface area contributed by atoms with Crippen LogP contribution in [0.25, 0.3) is 0 Å². The van der Waals surface area contributed by atoms with Gasteiger partial charge < -0.3 is 14.0 Å². The van der Waals surface area contributed by atoms with Crippen LogP contribution in [-0.4, -0.2) is 95.7 Å². The number of hydrogen-bond donors (Lipinski definition) is 0. The molecule has 0 saturated carbocycles. The molecule has 10 heteroatoms. The van der Waals surface area contributed by atoms with E-state index in [1.807, 2.05) is 21.1 Å². The van der Waals surface area contributed by atoms with Gasteiger partial charge in [-0.3, -0.25) is 19.3 Å². The first kappa shape index (κ1) is 41.1. The third kappa shape index (κ3) is 15.4. The Labute approximate surface area is 297 Å². The molecule has 1 aliphatic heterocycles. The summed E-state index contributed by atoms with van der Waals surface area (Å²) in [6.45, 7) is 4.53. The molecule has 0 N–H and O–H groups in total. The Balaban J connectivity index is 1.78. The molecule has 0 spiro atoms. The highest BCUT2D eigenvalue weighted by atomic mass is 127. The first-order valence-electron chi connectivity index (χ1n) is 18.0. The van der Waals surface area contributed by atoms with Crippen LogP contribution in [0.5, 0.6) is 0 Å². The van der Waals surface area contributed by atoms with Crippen molar-refractivity contribution in [3.05, 3.63) is 35.4 Å². The van der Waals surface area contributed by atoms with Crippen molar-refractivity contribution in [1.29, 1.82) is 0 Å². The molecule has 4 amide bonds. The fourth-order valence-corrected chi connectivity index (χ4v) is 6.53. The van der Waals surface area contributed by atoms with E-state index in [0.29, 0.717) is 28.8 Å². The first-order chi connectivity index (χ1) is 22.5. The van der Waals surface area contributed by atoms with Crippen molar-refractivity contribution < 1.29 is 33.1 Å². The molecule has 2 unspecified atom stereocenters. The van der Waals surface area contributed by atoms with Crippen LogP contribution >= 0.6 is 22.6 Å². The van der Waals surface area contributed by atoms with E-state index in [1.54, 1.807) is 24.3 Å². The van der Waals surface area contributed by atoms with E-state index < -0.39 is 34.0 Å². The second-order valence-corrected chi connectivity index (χ2v) is 15.1. The molecule has 0 saturated heterocycles. The molecule has 0 bridgehead atoms. The van der Waals surface area contributed by atoms with E-state index in [2.05, 4.69) is 29.5 Å². The number of quaternary nitrogens is 1. The lowest BCUT2D eigenvalue weighted by atomic mass is 10.0. The van der Waals surface area contributed by atoms with E-state index in [0.717, 1.165) is 29.1 Å². The number of benzene rings is 1. The zero-order chi connectivity index (χ0) is 34.7. The number of likely N-dealkylation sites (N-methyl/N-ethyl adjacent to an activating group) is 1. The fourth-order valence-electron chi connectivity index (χ4n) is 5.75.